The molecule has 0 aliphatic carbocycles. The molecule has 0 bridgehead atoms. The zero-order valence-corrected chi connectivity index (χ0v) is 35.0. The summed E-state index contributed by atoms with van der Waals surface area (Å²) in [6, 6.07) is 89.6. The third-order valence-corrected chi connectivity index (χ3v) is 12.7. The number of rotatable bonds is 8. The summed E-state index contributed by atoms with van der Waals surface area (Å²) >= 11 is 0. The molecule has 0 fully saturated rings. The molecule has 300 valence electrons. The highest BCUT2D eigenvalue weighted by atomic mass is 16.3. The summed E-state index contributed by atoms with van der Waals surface area (Å²) in [4.78, 5) is 2.43. The van der Waals surface area contributed by atoms with Crippen molar-refractivity contribution in [2.45, 2.75) is 0 Å². The topological polar surface area (TPSA) is 16.4 Å². The molecule has 0 aliphatic heterocycles. The van der Waals surface area contributed by atoms with Crippen LogP contribution < -0.4 is 4.90 Å². The van der Waals surface area contributed by atoms with E-state index in [1.165, 1.54) is 54.9 Å². The third kappa shape index (κ3) is 6.44. The molecule has 0 aliphatic rings. The molecule has 2 heteroatoms. The molecule has 12 rings (SSSR count). The highest BCUT2D eigenvalue weighted by Crippen LogP contribution is 2.48. The van der Waals surface area contributed by atoms with E-state index in [0.717, 1.165) is 61.3 Å². The van der Waals surface area contributed by atoms with Crippen molar-refractivity contribution in [2.24, 2.45) is 0 Å². The lowest BCUT2D eigenvalue weighted by atomic mass is 9.90. The zero-order chi connectivity index (χ0) is 42.4. The van der Waals surface area contributed by atoms with E-state index in [9.17, 15) is 0 Å². The maximum atomic E-state index is 6.68. The summed E-state index contributed by atoms with van der Waals surface area (Å²) in [5, 5.41) is 7.16. The van der Waals surface area contributed by atoms with Crippen LogP contribution >= 0.6 is 0 Å². The Bertz CT molecular complexity index is 3650. The Kier molecular flexibility index (Phi) is 9.20. The molecule has 0 radical (unpaired) electrons. The Balaban J connectivity index is 1.03. The van der Waals surface area contributed by atoms with Gasteiger partial charge in [-0.1, -0.05) is 218 Å². The molecule has 11 aromatic carbocycles. The summed E-state index contributed by atoms with van der Waals surface area (Å²) in [6.45, 7) is 0. The minimum atomic E-state index is 0.883. The number of nitrogens with zero attached hydrogens (tertiary/aromatic N) is 1. The van der Waals surface area contributed by atoms with Crippen molar-refractivity contribution in [1.29, 1.82) is 0 Å². The summed E-state index contributed by atoms with van der Waals surface area (Å²) < 4.78 is 6.68. The molecule has 1 heterocycles. The van der Waals surface area contributed by atoms with Crippen LogP contribution in [0.25, 0.3) is 99.1 Å². The van der Waals surface area contributed by atoms with E-state index in [-0.39, 0.29) is 0 Å². The van der Waals surface area contributed by atoms with Crippen LogP contribution in [0.3, 0.4) is 0 Å². The molecule has 0 unspecified atom stereocenters. The van der Waals surface area contributed by atoms with Gasteiger partial charge in [-0.2, -0.15) is 0 Å². The maximum absolute atomic E-state index is 6.68. The van der Waals surface area contributed by atoms with Crippen molar-refractivity contribution >= 4 is 60.5 Å². The number of para-hydroxylation sites is 4. The van der Waals surface area contributed by atoms with Crippen molar-refractivity contribution in [3.05, 3.63) is 249 Å². The van der Waals surface area contributed by atoms with Crippen molar-refractivity contribution in [2.75, 3.05) is 4.90 Å². The average molecular weight is 816 g/mol. The Labute approximate surface area is 372 Å². The van der Waals surface area contributed by atoms with Crippen LogP contribution in [-0.2, 0) is 0 Å². The van der Waals surface area contributed by atoms with Gasteiger partial charge in [0.15, 0.2) is 0 Å². The van der Waals surface area contributed by atoms with Crippen molar-refractivity contribution in [3.63, 3.8) is 0 Å². The minimum absolute atomic E-state index is 0.883. The van der Waals surface area contributed by atoms with E-state index in [1.54, 1.807) is 0 Å². The molecule has 64 heavy (non-hydrogen) atoms. The number of hydrogen-bond acceptors (Lipinski definition) is 2. The van der Waals surface area contributed by atoms with E-state index in [1.807, 2.05) is 6.07 Å². The Hall–Kier alpha value is -8.46. The fourth-order valence-corrected chi connectivity index (χ4v) is 9.71. The highest BCUT2D eigenvalue weighted by Gasteiger charge is 2.24. The van der Waals surface area contributed by atoms with E-state index >= 15 is 0 Å². The van der Waals surface area contributed by atoms with E-state index in [4.69, 9.17) is 4.42 Å². The second-order valence-electron chi connectivity index (χ2n) is 16.4. The molecule has 1 aromatic heterocycles. The number of fused-ring (bicyclic) bond motifs is 5. The van der Waals surface area contributed by atoms with E-state index < -0.39 is 0 Å². The summed E-state index contributed by atoms with van der Waals surface area (Å²) in [7, 11) is 0. The van der Waals surface area contributed by atoms with Gasteiger partial charge in [0.2, 0.25) is 0 Å². The van der Waals surface area contributed by atoms with Crippen LogP contribution in [-0.4, -0.2) is 0 Å². The van der Waals surface area contributed by atoms with Gasteiger partial charge >= 0.3 is 0 Å². The van der Waals surface area contributed by atoms with Gasteiger partial charge in [0.05, 0.1) is 11.4 Å². The number of anilines is 3. The maximum Gasteiger partial charge on any atom is 0.143 e. The number of furan rings is 1. The first-order chi connectivity index (χ1) is 31.8. The smallest absolute Gasteiger partial charge is 0.143 e. The molecule has 0 amide bonds. The van der Waals surface area contributed by atoms with Gasteiger partial charge in [-0.15, -0.1) is 0 Å². The average Bonchev–Trinajstić information content (AvgIpc) is 3.76. The monoisotopic (exact) mass is 815 g/mol. The second-order valence-corrected chi connectivity index (χ2v) is 16.4. The molecule has 0 atom stereocenters. The summed E-state index contributed by atoms with van der Waals surface area (Å²) in [5.41, 5.74) is 16.6. The molecular weight excluding hydrogens is 775 g/mol. The first-order valence-electron chi connectivity index (χ1n) is 21.9. The normalized spacial score (nSPS) is 11.4. The van der Waals surface area contributed by atoms with Crippen LogP contribution in [0, 0.1) is 0 Å². The van der Waals surface area contributed by atoms with Gasteiger partial charge in [0, 0.05) is 33.2 Å². The number of benzene rings is 11. The SMILES string of the molecule is c1ccc(-c2cccc3cccc(-c4ccccc4N(c4ccc(-c5ccc(-c6cccc7ccccc67)cc5)cc4)c4ccccc4-c4cccc5c4oc4ccccc45)c23)cc1. The van der Waals surface area contributed by atoms with Crippen LogP contribution in [0.4, 0.5) is 17.1 Å². The Morgan fingerprint density at radius 3 is 1.48 bits per heavy atom. The predicted molar refractivity (Wildman–Crippen MR) is 271 cm³/mol. The standard InChI is InChI=1S/C62H41NO/c1-2-16-45(17-3-1)51-27-13-20-47-21-14-28-55(61(47)51)52-23-6-9-31-58(52)63(59-32-10-7-24-53(59)56-29-15-30-57-54-25-8-11-33-60(54)64-62(56)57)48-40-38-43(39-41-48)42-34-36-46(37-35-42)50-26-12-19-44-18-4-5-22-49(44)50/h1-41H. The van der Waals surface area contributed by atoms with Crippen LogP contribution in [0.1, 0.15) is 0 Å². The van der Waals surface area contributed by atoms with Crippen molar-refractivity contribution in [3.8, 4) is 55.6 Å². The van der Waals surface area contributed by atoms with E-state index in [0.29, 0.717) is 0 Å². The molecule has 0 saturated carbocycles. The molecule has 2 nitrogen and oxygen atoms in total. The highest BCUT2D eigenvalue weighted by molar-refractivity contribution is 6.12. The lowest BCUT2D eigenvalue weighted by molar-refractivity contribution is 0.670. The van der Waals surface area contributed by atoms with Gasteiger partial charge in [0.25, 0.3) is 0 Å². The van der Waals surface area contributed by atoms with Crippen LogP contribution in [0.15, 0.2) is 253 Å². The third-order valence-electron chi connectivity index (χ3n) is 12.7. The molecule has 0 spiro atoms. The second kappa shape index (κ2) is 15.8. The van der Waals surface area contributed by atoms with Gasteiger partial charge in [-0.25, -0.2) is 0 Å². The quantitative estimate of drug-likeness (QED) is 0.152. The minimum Gasteiger partial charge on any atom is -0.455 e. The first-order valence-corrected chi connectivity index (χ1v) is 21.9. The lowest BCUT2D eigenvalue weighted by Gasteiger charge is -2.30. The Morgan fingerprint density at radius 2 is 0.734 bits per heavy atom. The summed E-state index contributed by atoms with van der Waals surface area (Å²) in [5.74, 6) is 0. The fourth-order valence-electron chi connectivity index (χ4n) is 9.71. The Morgan fingerprint density at radius 1 is 0.266 bits per heavy atom. The predicted octanol–water partition coefficient (Wildman–Crippen LogP) is 17.7. The summed E-state index contributed by atoms with van der Waals surface area (Å²) in [6.07, 6.45) is 0. The van der Waals surface area contributed by atoms with Crippen LogP contribution in [0.2, 0.25) is 0 Å². The number of hydrogen-bond donors (Lipinski definition) is 0. The van der Waals surface area contributed by atoms with Gasteiger partial charge < -0.3 is 9.32 Å². The molecule has 0 saturated heterocycles. The first kappa shape index (κ1) is 37.3. The van der Waals surface area contributed by atoms with E-state index in [2.05, 4.69) is 248 Å². The zero-order valence-electron chi connectivity index (χ0n) is 35.0. The largest absolute Gasteiger partial charge is 0.455 e. The van der Waals surface area contributed by atoms with Crippen LogP contribution in [0.5, 0.6) is 0 Å². The van der Waals surface area contributed by atoms with Crippen molar-refractivity contribution < 1.29 is 4.42 Å². The lowest BCUT2D eigenvalue weighted by Crippen LogP contribution is -2.12. The molecule has 12 aromatic rings. The fraction of sp³-hybridized carbons (Fsp3) is 0. The van der Waals surface area contributed by atoms with Gasteiger partial charge in [-0.05, 0) is 90.8 Å². The molecule has 0 N–H and O–H groups in total. The molecular formula is C62H41NO. The van der Waals surface area contributed by atoms with Crippen molar-refractivity contribution in [1.82, 2.24) is 0 Å². The van der Waals surface area contributed by atoms with Gasteiger partial charge in [-0.3, -0.25) is 0 Å². The van der Waals surface area contributed by atoms with Gasteiger partial charge in [0.1, 0.15) is 11.2 Å².